The van der Waals surface area contributed by atoms with E-state index in [0.717, 1.165) is 43.8 Å². The van der Waals surface area contributed by atoms with Gasteiger partial charge in [-0.1, -0.05) is 43.6 Å². The summed E-state index contributed by atoms with van der Waals surface area (Å²) < 4.78 is 24.7. The number of rotatable bonds is 10. The fourth-order valence-electron chi connectivity index (χ4n) is 4.45. The highest BCUT2D eigenvalue weighted by molar-refractivity contribution is 7.90. The number of nitrogens with zero attached hydrogens (tertiary/aromatic N) is 3. The average molecular weight is 554 g/mol. The minimum atomic E-state index is -3.47. The van der Waals surface area contributed by atoms with Gasteiger partial charge in [-0.15, -0.1) is 0 Å². The van der Waals surface area contributed by atoms with Crippen molar-refractivity contribution in [2.45, 2.75) is 31.2 Å². The number of pyridine rings is 1. The Kier molecular flexibility index (Phi) is 8.81. The lowest BCUT2D eigenvalue weighted by Gasteiger charge is -2.18. The Labute approximate surface area is 229 Å². The predicted octanol–water partition coefficient (Wildman–Crippen LogP) is 4.29. The molecular weight excluding hydrogens is 522 g/mol. The van der Waals surface area contributed by atoms with Crippen LogP contribution < -0.4 is 10.6 Å². The number of carbonyl (C=O) groups excluding carboxylic acids is 1. The number of sulfone groups is 1. The van der Waals surface area contributed by atoms with E-state index in [1.165, 1.54) is 0 Å². The number of hydrogen-bond acceptors (Lipinski definition) is 7. The smallest absolute Gasteiger partial charge is 0.249 e. The van der Waals surface area contributed by atoms with Gasteiger partial charge in [0.25, 0.3) is 0 Å². The van der Waals surface area contributed by atoms with Crippen molar-refractivity contribution in [1.82, 2.24) is 9.88 Å². The van der Waals surface area contributed by atoms with Gasteiger partial charge < -0.3 is 15.5 Å². The molecule has 4 rings (SSSR count). The van der Waals surface area contributed by atoms with E-state index in [0.29, 0.717) is 27.5 Å². The van der Waals surface area contributed by atoms with Crippen LogP contribution in [0.15, 0.2) is 70.7 Å². The molecule has 10 heteroatoms. The fourth-order valence-corrected chi connectivity index (χ4v) is 5.58. The van der Waals surface area contributed by atoms with Crippen LogP contribution in [0.3, 0.4) is 0 Å². The molecule has 2 heterocycles. The topological polar surface area (TPSA) is 104 Å². The standard InChI is InChI=1S/C28H32ClN5O3S/c1-4-34(5-2)15-14-30-26-13-10-20(18-31-26)27-22-17-21(29)11-12-23(22)33-28(35)24(32-27)16-19-8-6-7-9-25(19)38(3,36)37/h6-13,17-18,24H,4-5,14-16H2,1-3H3,(H,30,31)(H,33,35). The molecule has 1 atom stereocenters. The van der Waals surface area contributed by atoms with Crippen molar-refractivity contribution < 1.29 is 13.2 Å². The number of nitrogens with one attached hydrogen (secondary N) is 2. The summed E-state index contributed by atoms with van der Waals surface area (Å²) >= 11 is 6.32. The molecule has 3 aromatic rings. The number of amides is 1. The maximum Gasteiger partial charge on any atom is 0.249 e. The van der Waals surface area contributed by atoms with Crippen LogP contribution in [0.4, 0.5) is 11.5 Å². The van der Waals surface area contributed by atoms with Crippen molar-refractivity contribution in [2.75, 3.05) is 43.1 Å². The Hall–Kier alpha value is -3.27. The molecule has 1 amide bonds. The van der Waals surface area contributed by atoms with Gasteiger partial charge in [0.15, 0.2) is 9.84 Å². The summed E-state index contributed by atoms with van der Waals surface area (Å²) in [5, 5.41) is 6.79. The van der Waals surface area contributed by atoms with Crippen molar-refractivity contribution >= 4 is 44.6 Å². The Bertz CT molecular complexity index is 1440. The van der Waals surface area contributed by atoms with Gasteiger partial charge >= 0.3 is 0 Å². The molecule has 1 aliphatic heterocycles. The van der Waals surface area contributed by atoms with Crippen LogP contribution in [-0.2, 0) is 21.1 Å². The predicted molar refractivity (Wildman–Crippen MR) is 153 cm³/mol. The molecule has 2 N–H and O–H groups in total. The number of likely N-dealkylation sites (N-methyl/N-ethyl adjacent to an activating group) is 1. The second-order valence-corrected chi connectivity index (χ2v) is 11.6. The quantitative estimate of drug-likeness (QED) is 0.388. The molecule has 1 unspecified atom stereocenters. The van der Waals surface area contributed by atoms with Crippen LogP contribution in [-0.4, -0.2) is 68.4 Å². The molecule has 200 valence electrons. The number of aromatic nitrogens is 1. The van der Waals surface area contributed by atoms with Gasteiger partial charge in [-0.2, -0.15) is 0 Å². The number of benzodiazepines with no additional fused rings is 1. The van der Waals surface area contributed by atoms with Crippen LogP contribution in [0.5, 0.6) is 0 Å². The van der Waals surface area contributed by atoms with E-state index >= 15 is 0 Å². The van der Waals surface area contributed by atoms with Gasteiger partial charge in [0.1, 0.15) is 11.9 Å². The molecule has 8 nitrogen and oxygen atoms in total. The summed E-state index contributed by atoms with van der Waals surface area (Å²) in [7, 11) is -3.47. The van der Waals surface area contributed by atoms with Gasteiger partial charge in [0.2, 0.25) is 5.91 Å². The first kappa shape index (κ1) is 27.8. The van der Waals surface area contributed by atoms with E-state index in [-0.39, 0.29) is 17.2 Å². The maximum atomic E-state index is 13.3. The summed E-state index contributed by atoms with van der Waals surface area (Å²) in [5.41, 5.74) is 3.07. The molecule has 1 aromatic heterocycles. The first-order chi connectivity index (χ1) is 18.2. The van der Waals surface area contributed by atoms with Crippen molar-refractivity contribution in [1.29, 1.82) is 0 Å². The highest BCUT2D eigenvalue weighted by Gasteiger charge is 2.28. The monoisotopic (exact) mass is 553 g/mol. The number of halogens is 1. The molecule has 0 fully saturated rings. The Morgan fingerprint density at radius 3 is 2.53 bits per heavy atom. The van der Waals surface area contributed by atoms with Gasteiger partial charge in [0.05, 0.1) is 16.3 Å². The van der Waals surface area contributed by atoms with Gasteiger partial charge in [-0.05, 0) is 55.1 Å². The lowest BCUT2D eigenvalue weighted by atomic mass is 10.0. The largest absolute Gasteiger partial charge is 0.369 e. The third-order valence-corrected chi connectivity index (χ3v) is 7.97. The minimum absolute atomic E-state index is 0.124. The lowest BCUT2D eigenvalue weighted by Crippen LogP contribution is -2.28. The number of fused-ring (bicyclic) bond motifs is 1. The summed E-state index contributed by atoms with van der Waals surface area (Å²) in [6, 6.07) is 14.8. The third kappa shape index (κ3) is 6.59. The van der Waals surface area contributed by atoms with Crippen molar-refractivity contribution in [3.8, 4) is 0 Å². The number of anilines is 2. The van der Waals surface area contributed by atoms with Crippen LogP contribution >= 0.6 is 11.6 Å². The van der Waals surface area contributed by atoms with Crippen LogP contribution in [0.1, 0.15) is 30.5 Å². The Balaban J connectivity index is 1.68. The van der Waals surface area contributed by atoms with Gasteiger partial charge in [-0.3, -0.25) is 9.79 Å². The third-order valence-electron chi connectivity index (χ3n) is 6.53. The Morgan fingerprint density at radius 2 is 1.84 bits per heavy atom. The molecular formula is C28H32ClN5O3S. The first-order valence-corrected chi connectivity index (χ1v) is 14.9. The second kappa shape index (κ2) is 12.1. The molecule has 0 spiro atoms. The lowest BCUT2D eigenvalue weighted by molar-refractivity contribution is -0.117. The van der Waals surface area contributed by atoms with Gasteiger partial charge in [0, 0.05) is 48.1 Å². The molecule has 0 aliphatic carbocycles. The molecule has 1 aliphatic rings. The summed E-state index contributed by atoms with van der Waals surface area (Å²) in [5.74, 6) is 0.420. The zero-order valence-electron chi connectivity index (χ0n) is 21.7. The molecule has 0 bridgehead atoms. The van der Waals surface area contributed by atoms with Gasteiger partial charge in [-0.25, -0.2) is 13.4 Å². The van der Waals surface area contributed by atoms with E-state index in [2.05, 4.69) is 34.4 Å². The summed E-state index contributed by atoms with van der Waals surface area (Å²) in [4.78, 5) is 25.2. The number of aliphatic imine (C=N–C) groups is 1. The highest BCUT2D eigenvalue weighted by atomic mass is 35.5. The number of carbonyl (C=O) groups is 1. The molecule has 0 saturated heterocycles. The Morgan fingerprint density at radius 1 is 1.08 bits per heavy atom. The molecule has 0 radical (unpaired) electrons. The van der Waals surface area contributed by atoms with Crippen LogP contribution in [0.2, 0.25) is 5.02 Å². The summed E-state index contributed by atoms with van der Waals surface area (Å²) in [6.45, 7) is 7.96. The fraction of sp³-hybridized carbons (Fsp3) is 0.321. The normalized spacial score (nSPS) is 15.4. The summed E-state index contributed by atoms with van der Waals surface area (Å²) in [6.07, 6.45) is 3.01. The number of benzene rings is 2. The second-order valence-electron chi connectivity index (χ2n) is 9.14. The van der Waals surface area contributed by atoms with E-state index in [1.54, 1.807) is 48.7 Å². The zero-order valence-corrected chi connectivity index (χ0v) is 23.3. The number of hydrogen-bond donors (Lipinski definition) is 2. The van der Waals surface area contributed by atoms with Crippen molar-refractivity contribution in [3.05, 3.63) is 82.5 Å². The van der Waals surface area contributed by atoms with E-state index in [4.69, 9.17) is 16.6 Å². The average Bonchev–Trinajstić information content (AvgIpc) is 3.03. The first-order valence-electron chi connectivity index (χ1n) is 12.6. The maximum absolute atomic E-state index is 13.3. The molecule has 0 saturated carbocycles. The minimum Gasteiger partial charge on any atom is -0.369 e. The van der Waals surface area contributed by atoms with Crippen molar-refractivity contribution in [2.24, 2.45) is 4.99 Å². The SMILES string of the molecule is CCN(CC)CCNc1ccc(C2=NC(Cc3ccccc3S(C)(=O)=O)C(=O)Nc3ccc(Cl)cc32)cn1. The van der Waals surface area contributed by atoms with E-state index in [9.17, 15) is 13.2 Å². The van der Waals surface area contributed by atoms with E-state index in [1.807, 2.05) is 12.1 Å². The van der Waals surface area contributed by atoms with Crippen LogP contribution in [0, 0.1) is 0 Å². The molecule has 2 aromatic carbocycles. The highest BCUT2D eigenvalue weighted by Crippen LogP contribution is 2.29. The van der Waals surface area contributed by atoms with Crippen LogP contribution in [0.25, 0.3) is 0 Å². The van der Waals surface area contributed by atoms with Crippen molar-refractivity contribution in [3.63, 3.8) is 0 Å². The molecule has 38 heavy (non-hydrogen) atoms. The van der Waals surface area contributed by atoms with E-state index < -0.39 is 15.9 Å². The zero-order chi connectivity index (χ0) is 27.3.